The topological polar surface area (TPSA) is 80.3 Å². The molecule has 0 radical (unpaired) electrons. The number of hydrogen-bond acceptors (Lipinski definition) is 5. The largest absolute Gasteiger partial charge is 0.370 e. The molecule has 6 nitrogen and oxygen atoms in total. The van der Waals surface area contributed by atoms with Gasteiger partial charge >= 0.3 is 0 Å². The predicted molar refractivity (Wildman–Crippen MR) is 121 cm³/mol. The van der Waals surface area contributed by atoms with Crippen molar-refractivity contribution in [2.45, 2.75) is 52.5 Å². The normalized spacial score (nSPS) is 11.3. The number of nitrogens with two attached hydrogens (primary N) is 1. The SMILES string of the molecule is CC(C)Cc1cnn2c(NCc3ccccc3)cc(NCCCCCCN)nc12. The third-order valence-corrected chi connectivity index (χ3v) is 4.93. The molecule has 0 aliphatic rings. The van der Waals surface area contributed by atoms with Crippen LogP contribution in [0.3, 0.4) is 0 Å². The van der Waals surface area contributed by atoms with Gasteiger partial charge in [0.2, 0.25) is 0 Å². The van der Waals surface area contributed by atoms with E-state index in [9.17, 15) is 0 Å². The average Bonchev–Trinajstić information content (AvgIpc) is 3.12. The van der Waals surface area contributed by atoms with Gasteiger partial charge in [0.05, 0.1) is 6.20 Å². The fourth-order valence-corrected chi connectivity index (χ4v) is 3.44. The number of aromatic nitrogens is 3. The van der Waals surface area contributed by atoms with Crippen LogP contribution in [-0.2, 0) is 13.0 Å². The van der Waals surface area contributed by atoms with Crippen LogP contribution in [0.1, 0.15) is 50.7 Å². The van der Waals surface area contributed by atoms with E-state index < -0.39 is 0 Å². The molecule has 1 aromatic carbocycles. The standard InChI is InChI=1S/C23H34N6/c1-18(2)14-20-17-27-29-22(26-16-19-10-6-5-7-11-19)15-21(28-23(20)29)25-13-9-4-3-8-12-24/h5-7,10-11,15,17-18,26H,3-4,8-9,12-14,16,24H2,1-2H3,(H,25,28). The second kappa shape index (κ2) is 10.8. The molecule has 4 N–H and O–H groups in total. The summed E-state index contributed by atoms with van der Waals surface area (Å²) in [6.45, 7) is 6.89. The van der Waals surface area contributed by atoms with E-state index in [4.69, 9.17) is 10.7 Å². The van der Waals surface area contributed by atoms with Crippen molar-refractivity contribution >= 4 is 17.3 Å². The van der Waals surface area contributed by atoms with E-state index in [2.05, 4.69) is 59.9 Å². The molecule has 0 atom stereocenters. The monoisotopic (exact) mass is 394 g/mol. The molecule has 2 heterocycles. The molecule has 0 saturated carbocycles. The molecule has 0 aliphatic heterocycles. The van der Waals surface area contributed by atoms with Gasteiger partial charge in [-0.3, -0.25) is 0 Å². The second-order valence-corrected chi connectivity index (χ2v) is 8.00. The lowest BCUT2D eigenvalue weighted by molar-refractivity contribution is 0.649. The molecular weight excluding hydrogens is 360 g/mol. The first-order valence-corrected chi connectivity index (χ1v) is 10.8. The number of hydrogen-bond donors (Lipinski definition) is 3. The van der Waals surface area contributed by atoms with Gasteiger partial charge in [-0.15, -0.1) is 0 Å². The smallest absolute Gasteiger partial charge is 0.162 e. The summed E-state index contributed by atoms with van der Waals surface area (Å²) >= 11 is 0. The van der Waals surface area contributed by atoms with Gasteiger partial charge in [0.15, 0.2) is 5.65 Å². The van der Waals surface area contributed by atoms with Crippen molar-refractivity contribution in [3.63, 3.8) is 0 Å². The Morgan fingerprint density at radius 1 is 1.03 bits per heavy atom. The summed E-state index contributed by atoms with van der Waals surface area (Å²) in [5, 5.41) is 11.6. The fourth-order valence-electron chi connectivity index (χ4n) is 3.44. The molecule has 2 aromatic heterocycles. The van der Waals surface area contributed by atoms with Crippen LogP contribution < -0.4 is 16.4 Å². The van der Waals surface area contributed by atoms with Crippen LogP contribution >= 0.6 is 0 Å². The van der Waals surface area contributed by atoms with Gasteiger partial charge < -0.3 is 16.4 Å². The Hall–Kier alpha value is -2.60. The minimum Gasteiger partial charge on any atom is -0.370 e. The maximum absolute atomic E-state index is 5.57. The Bertz CT molecular complexity index is 872. The highest BCUT2D eigenvalue weighted by molar-refractivity contribution is 5.60. The second-order valence-electron chi connectivity index (χ2n) is 8.00. The maximum Gasteiger partial charge on any atom is 0.162 e. The molecule has 6 heteroatoms. The molecule has 29 heavy (non-hydrogen) atoms. The minimum absolute atomic E-state index is 0.560. The first-order valence-electron chi connectivity index (χ1n) is 10.8. The van der Waals surface area contributed by atoms with Gasteiger partial charge in [-0.25, -0.2) is 4.98 Å². The first kappa shape index (κ1) is 21.1. The number of anilines is 2. The van der Waals surface area contributed by atoms with Crippen molar-refractivity contribution in [2.24, 2.45) is 11.7 Å². The Morgan fingerprint density at radius 2 is 1.83 bits per heavy atom. The van der Waals surface area contributed by atoms with Crippen LogP contribution in [0.15, 0.2) is 42.6 Å². The summed E-state index contributed by atoms with van der Waals surface area (Å²) in [5.74, 6) is 2.42. The Balaban J connectivity index is 1.76. The zero-order valence-electron chi connectivity index (χ0n) is 17.7. The molecule has 0 bridgehead atoms. The third kappa shape index (κ3) is 6.19. The number of nitrogens with one attached hydrogen (secondary N) is 2. The van der Waals surface area contributed by atoms with Crippen LogP contribution in [0.5, 0.6) is 0 Å². The molecule has 0 spiro atoms. The van der Waals surface area contributed by atoms with E-state index in [0.29, 0.717) is 5.92 Å². The molecule has 3 rings (SSSR count). The highest BCUT2D eigenvalue weighted by atomic mass is 15.3. The quantitative estimate of drug-likeness (QED) is 0.395. The van der Waals surface area contributed by atoms with Gasteiger partial charge in [0, 0.05) is 24.7 Å². The highest BCUT2D eigenvalue weighted by Crippen LogP contribution is 2.21. The van der Waals surface area contributed by atoms with Crippen molar-refractivity contribution in [2.75, 3.05) is 23.7 Å². The number of unbranched alkanes of at least 4 members (excludes halogenated alkanes) is 3. The molecule has 0 unspecified atom stereocenters. The summed E-state index contributed by atoms with van der Waals surface area (Å²) in [4.78, 5) is 4.87. The van der Waals surface area contributed by atoms with Crippen LogP contribution in [-0.4, -0.2) is 27.7 Å². The lowest BCUT2D eigenvalue weighted by Crippen LogP contribution is -2.10. The van der Waals surface area contributed by atoms with Gasteiger partial charge in [-0.2, -0.15) is 9.61 Å². The lowest BCUT2D eigenvalue weighted by Gasteiger charge is -2.13. The Labute approximate surface area is 173 Å². The third-order valence-electron chi connectivity index (χ3n) is 4.93. The van der Waals surface area contributed by atoms with Crippen molar-refractivity contribution in [1.29, 1.82) is 0 Å². The first-order chi connectivity index (χ1) is 14.2. The van der Waals surface area contributed by atoms with Gasteiger partial charge in [-0.1, -0.05) is 57.0 Å². The van der Waals surface area contributed by atoms with Gasteiger partial charge in [-0.05, 0) is 37.3 Å². The minimum atomic E-state index is 0.560. The lowest BCUT2D eigenvalue weighted by atomic mass is 10.1. The zero-order chi connectivity index (χ0) is 20.5. The summed E-state index contributed by atoms with van der Waals surface area (Å²) in [7, 11) is 0. The Kier molecular flexibility index (Phi) is 7.87. The number of benzene rings is 1. The molecule has 0 saturated heterocycles. The van der Waals surface area contributed by atoms with Gasteiger partial charge in [0.1, 0.15) is 11.6 Å². The molecule has 3 aromatic rings. The number of fused-ring (bicyclic) bond motifs is 1. The molecule has 0 fully saturated rings. The Morgan fingerprint density at radius 3 is 2.59 bits per heavy atom. The van der Waals surface area contributed by atoms with E-state index in [0.717, 1.165) is 56.2 Å². The molecule has 0 aliphatic carbocycles. The summed E-state index contributed by atoms with van der Waals surface area (Å²) in [6.07, 6.45) is 7.53. The van der Waals surface area contributed by atoms with Crippen molar-refractivity contribution in [3.05, 3.63) is 53.7 Å². The van der Waals surface area contributed by atoms with E-state index in [1.807, 2.05) is 16.8 Å². The maximum atomic E-state index is 5.57. The van der Waals surface area contributed by atoms with Crippen molar-refractivity contribution in [1.82, 2.24) is 14.6 Å². The van der Waals surface area contributed by atoms with Crippen LogP contribution in [0.2, 0.25) is 0 Å². The number of rotatable bonds is 12. The van der Waals surface area contributed by atoms with Crippen molar-refractivity contribution < 1.29 is 0 Å². The van der Waals surface area contributed by atoms with E-state index in [1.54, 1.807) is 0 Å². The highest BCUT2D eigenvalue weighted by Gasteiger charge is 2.13. The average molecular weight is 395 g/mol. The number of nitrogens with zero attached hydrogens (tertiary/aromatic N) is 3. The van der Waals surface area contributed by atoms with E-state index >= 15 is 0 Å². The van der Waals surface area contributed by atoms with E-state index in [1.165, 1.54) is 24.0 Å². The van der Waals surface area contributed by atoms with Crippen LogP contribution in [0.4, 0.5) is 11.6 Å². The summed E-state index contributed by atoms with van der Waals surface area (Å²) < 4.78 is 1.92. The molecule has 0 amide bonds. The molecule has 156 valence electrons. The summed E-state index contributed by atoms with van der Waals surface area (Å²) in [6, 6.07) is 12.5. The zero-order valence-corrected chi connectivity index (χ0v) is 17.7. The molecular formula is C23H34N6. The van der Waals surface area contributed by atoms with E-state index in [-0.39, 0.29) is 0 Å². The summed E-state index contributed by atoms with van der Waals surface area (Å²) in [5.41, 5.74) is 8.93. The van der Waals surface area contributed by atoms with Crippen molar-refractivity contribution in [3.8, 4) is 0 Å². The van der Waals surface area contributed by atoms with Gasteiger partial charge in [0.25, 0.3) is 0 Å². The van der Waals surface area contributed by atoms with Crippen LogP contribution in [0, 0.1) is 5.92 Å². The fraction of sp³-hybridized carbons (Fsp3) is 0.478. The van der Waals surface area contributed by atoms with Crippen LogP contribution in [0.25, 0.3) is 5.65 Å². The predicted octanol–water partition coefficient (Wildman–Crippen LogP) is 4.47.